The summed E-state index contributed by atoms with van der Waals surface area (Å²) >= 11 is 4.87. The van der Waals surface area contributed by atoms with E-state index in [2.05, 4.69) is 15.3 Å². The third-order valence-corrected chi connectivity index (χ3v) is 3.73. The molecule has 0 aliphatic rings. The summed E-state index contributed by atoms with van der Waals surface area (Å²) in [6.07, 6.45) is 1.67. The van der Waals surface area contributed by atoms with E-state index in [1.54, 1.807) is 12.3 Å². The summed E-state index contributed by atoms with van der Waals surface area (Å²) < 4.78 is 11.2. The normalized spacial score (nSPS) is 14.1. The van der Waals surface area contributed by atoms with Gasteiger partial charge in [0.25, 0.3) is 0 Å². The van der Waals surface area contributed by atoms with E-state index in [1.165, 1.54) is 0 Å². The summed E-state index contributed by atoms with van der Waals surface area (Å²) in [5.74, 6) is 0.463. The molecule has 0 aliphatic heterocycles. The Kier molecular flexibility index (Phi) is 4.95. The molecule has 0 aliphatic carbocycles. The highest BCUT2D eigenvalue weighted by atomic mass is 32.2. The molecular formula is C10H16N4OS2. The van der Waals surface area contributed by atoms with Crippen molar-refractivity contribution in [3.63, 3.8) is 0 Å². The first-order valence-corrected chi connectivity index (χ1v) is 7.14. The predicted molar refractivity (Wildman–Crippen MR) is 74.7 cm³/mol. The predicted octanol–water partition coefficient (Wildman–Crippen LogP) is 0.598. The van der Waals surface area contributed by atoms with Crippen molar-refractivity contribution in [2.24, 2.45) is 5.73 Å². The number of aromatic nitrogens is 2. The number of nitrogens with one attached hydrogen (secondary N) is 1. The molecule has 5 nitrogen and oxygen atoms in total. The first-order valence-electron chi connectivity index (χ1n) is 5.11. The number of hydrogen-bond acceptors (Lipinski definition) is 5. The Morgan fingerprint density at radius 1 is 1.65 bits per heavy atom. The highest BCUT2D eigenvalue weighted by Gasteiger charge is 2.08. The molecule has 0 fully saturated rings. The van der Waals surface area contributed by atoms with Gasteiger partial charge in [0, 0.05) is 34.5 Å². The zero-order valence-corrected chi connectivity index (χ0v) is 11.7. The second-order valence-electron chi connectivity index (χ2n) is 3.77. The van der Waals surface area contributed by atoms with Gasteiger partial charge in [0.1, 0.15) is 10.7 Å². The lowest BCUT2D eigenvalue weighted by molar-refractivity contribution is 0.678. The van der Waals surface area contributed by atoms with Gasteiger partial charge in [-0.15, -0.1) is 0 Å². The minimum absolute atomic E-state index is 0.0346. The maximum absolute atomic E-state index is 11.2. The van der Waals surface area contributed by atoms with E-state index in [4.69, 9.17) is 18.0 Å². The minimum Gasteiger partial charge on any atom is -0.388 e. The minimum atomic E-state index is -0.872. The number of rotatable bonds is 5. The standard InChI is InChI=1S/C10H16N4OS2/c1-6-4-8(9(11)16)14-10(13-6)12-5-7(2)17(3)15/h4,7H,5H2,1-3H3,(H2,11,16)(H,12,13,14). The van der Waals surface area contributed by atoms with Crippen molar-refractivity contribution in [3.05, 3.63) is 17.5 Å². The molecule has 1 aromatic rings. The number of thiocarbonyl (C=S) groups is 1. The molecule has 2 atom stereocenters. The van der Waals surface area contributed by atoms with Crippen LogP contribution in [0.3, 0.4) is 0 Å². The van der Waals surface area contributed by atoms with Gasteiger partial charge >= 0.3 is 0 Å². The molecule has 94 valence electrons. The molecule has 1 aromatic heterocycles. The first-order chi connectivity index (χ1) is 7.90. The third kappa shape index (κ3) is 4.35. The summed E-state index contributed by atoms with van der Waals surface area (Å²) in [6, 6.07) is 1.73. The second-order valence-corrected chi connectivity index (χ2v) is 6.01. The molecule has 7 heteroatoms. The second kappa shape index (κ2) is 6.02. The van der Waals surface area contributed by atoms with Crippen molar-refractivity contribution in [2.45, 2.75) is 19.1 Å². The maximum atomic E-state index is 11.2. The Morgan fingerprint density at radius 3 is 2.82 bits per heavy atom. The van der Waals surface area contributed by atoms with Gasteiger partial charge in [0.15, 0.2) is 0 Å². The lowest BCUT2D eigenvalue weighted by Crippen LogP contribution is -2.22. The van der Waals surface area contributed by atoms with E-state index >= 15 is 0 Å². The number of nitrogens with two attached hydrogens (primary N) is 1. The van der Waals surface area contributed by atoms with E-state index in [9.17, 15) is 4.21 Å². The van der Waals surface area contributed by atoms with Crippen LogP contribution in [0, 0.1) is 6.92 Å². The van der Waals surface area contributed by atoms with E-state index < -0.39 is 10.8 Å². The summed E-state index contributed by atoms with van der Waals surface area (Å²) in [5.41, 5.74) is 6.85. The van der Waals surface area contributed by atoms with Crippen molar-refractivity contribution in [1.82, 2.24) is 9.97 Å². The van der Waals surface area contributed by atoms with Crippen LogP contribution in [0.4, 0.5) is 5.95 Å². The molecule has 0 saturated carbocycles. The van der Waals surface area contributed by atoms with Gasteiger partial charge < -0.3 is 11.1 Å². The third-order valence-electron chi connectivity index (χ3n) is 2.22. The van der Waals surface area contributed by atoms with Crippen LogP contribution in [-0.2, 0) is 10.8 Å². The molecule has 0 spiro atoms. The van der Waals surface area contributed by atoms with Gasteiger partial charge in [-0.1, -0.05) is 12.2 Å². The smallest absolute Gasteiger partial charge is 0.223 e. The summed E-state index contributed by atoms with van der Waals surface area (Å²) in [6.45, 7) is 4.28. The monoisotopic (exact) mass is 272 g/mol. The van der Waals surface area contributed by atoms with E-state index in [-0.39, 0.29) is 10.2 Å². The fourth-order valence-corrected chi connectivity index (χ4v) is 1.55. The van der Waals surface area contributed by atoms with Gasteiger partial charge in [0.2, 0.25) is 5.95 Å². The van der Waals surface area contributed by atoms with Crippen LogP contribution in [0.5, 0.6) is 0 Å². The molecule has 17 heavy (non-hydrogen) atoms. The van der Waals surface area contributed by atoms with Gasteiger partial charge in [0.05, 0.1) is 0 Å². The number of nitrogens with zero attached hydrogens (tertiary/aromatic N) is 2. The average molecular weight is 272 g/mol. The molecule has 0 amide bonds. The fourth-order valence-electron chi connectivity index (χ4n) is 1.13. The Hall–Kier alpha value is -1.08. The maximum Gasteiger partial charge on any atom is 0.223 e. The molecule has 0 aromatic carbocycles. The highest BCUT2D eigenvalue weighted by molar-refractivity contribution is 7.84. The van der Waals surface area contributed by atoms with Crippen LogP contribution in [0.15, 0.2) is 6.07 Å². The van der Waals surface area contributed by atoms with E-state index in [1.807, 2.05) is 13.8 Å². The Bertz CT molecular complexity index is 450. The van der Waals surface area contributed by atoms with Crippen molar-refractivity contribution in [1.29, 1.82) is 0 Å². The molecule has 0 saturated heterocycles. The molecule has 0 bridgehead atoms. The number of anilines is 1. The highest BCUT2D eigenvalue weighted by Crippen LogP contribution is 2.05. The number of hydrogen-bond donors (Lipinski definition) is 2. The molecule has 2 unspecified atom stereocenters. The lowest BCUT2D eigenvalue weighted by atomic mass is 10.3. The van der Waals surface area contributed by atoms with Crippen LogP contribution < -0.4 is 11.1 Å². The number of aryl methyl sites for hydroxylation is 1. The topological polar surface area (TPSA) is 80.9 Å². The van der Waals surface area contributed by atoms with Crippen molar-refractivity contribution >= 4 is 34.0 Å². The molecule has 3 N–H and O–H groups in total. The summed E-state index contributed by atoms with van der Waals surface area (Å²) in [5, 5.41) is 3.07. The van der Waals surface area contributed by atoms with Crippen LogP contribution in [0.2, 0.25) is 0 Å². The zero-order valence-electron chi connectivity index (χ0n) is 10.1. The SMILES string of the molecule is Cc1cc(C(N)=S)nc(NCC(C)S(C)=O)n1. The Balaban J connectivity index is 2.78. The molecule has 1 rings (SSSR count). The van der Waals surface area contributed by atoms with Crippen LogP contribution in [0.1, 0.15) is 18.3 Å². The van der Waals surface area contributed by atoms with E-state index in [0.29, 0.717) is 18.2 Å². The molecule has 1 heterocycles. The van der Waals surface area contributed by atoms with E-state index in [0.717, 1.165) is 5.69 Å². The van der Waals surface area contributed by atoms with Gasteiger partial charge in [-0.05, 0) is 19.9 Å². The summed E-state index contributed by atoms with van der Waals surface area (Å²) in [7, 11) is -0.872. The fraction of sp³-hybridized carbons (Fsp3) is 0.500. The quantitative estimate of drug-likeness (QED) is 0.764. The lowest BCUT2D eigenvalue weighted by Gasteiger charge is -2.11. The van der Waals surface area contributed by atoms with Crippen molar-refractivity contribution < 1.29 is 4.21 Å². The largest absolute Gasteiger partial charge is 0.388 e. The van der Waals surface area contributed by atoms with Crippen molar-refractivity contribution in [2.75, 3.05) is 18.1 Å². The van der Waals surface area contributed by atoms with Gasteiger partial charge in [-0.3, -0.25) is 4.21 Å². The first kappa shape index (κ1) is 14.0. The zero-order chi connectivity index (χ0) is 13.0. The molecular weight excluding hydrogens is 256 g/mol. The molecule has 0 radical (unpaired) electrons. The Morgan fingerprint density at radius 2 is 2.29 bits per heavy atom. The van der Waals surface area contributed by atoms with Crippen LogP contribution >= 0.6 is 12.2 Å². The Labute approximate surface area is 109 Å². The van der Waals surface area contributed by atoms with Gasteiger partial charge in [-0.2, -0.15) is 0 Å². The average Bonchev–Trinajstić information content (AvgIpc) is 2.24. The van der Waals surface area contributed by atoms with Crippen LogP contribution in [0.25, 0.3) is 0 Å². The summed E-state index contributed by atoms with van der Waals surface area (Å²) in [4.78, 5) is 8.63. The van der Waals surface area contributed by atoms with Gasteiger partial charge in [-0.25, -0.2) is 9.97 Å². The van der Waals surface area contributed by atoms with Crippen LogP contribution in [-0.4, -0.2) is 37.2 Å². The van der Waals surface area contributed by atoms with Crippen molar-refractivity contribution in [3.8, 4) is 0 Å².